The van der Waals surface area contributed by atoms with E-state index < -0.39 is 0 Å². The molecule has 0 aromatic heterocycles. The highest BCUT2D eigenvalue weighted by Gasteiger charge is 2.05. The molecule has 0 nitrogen and oxygen atoms in total. The van der Waals surface area contributed by atoms with Gasteiger partial charge < -0.3 is 0 Å². The van der Waals surface area contributed by atoms with Gasteiger partial charge in [0.05, 0.1) is 0 Å². The Kier molecular flexibility index (Phi) is 5.47. The molecule has 0 spiro atoms. The number of rotatable bonds is 5. The molecule has 0 bridgehead atoms. The van der Waals surface area contributed by atoms with Gasteiger partial charge in [-0.25, -0.2) is 0 Å². The van der Waals surface area contributed by atoms with Crippen LogP contribution in [0.4, 0.5) is 0 Å². The second-order valence-electron chi connectivity index (χ2n) is 4.98. The van der Waals surface area contributed by atoms with Crippen molar-refractivity contribution in [2.75, 3.05) is 0 Å². The minimum atomic E-state index is 1.15. The second-order valence-corrected chi connectivity index (χ2v) is 4.98. The zero-order valence-corrected chi connectivity index (χ0v) is 12.0. The summed E-state index contributed by atoms with van der Waals surface area (Å²) in [5, 5.41) is 0. The van der Waals surface area contributed by atoms with E-state index >= 15 is 0 Å². The number of allylic oxidation sites excluding steroid dienone is 1. The van der Waals surface area contributed by atoms with E-state index in [0.717, 1.165) is 6.42 Å². The summed E-state index contributed by atoms with van der Waals surface area (Å²) < 4.78 is 0. The molecule has 0 unspecified atom stereocenters. The van der Waals surface area contributed by atoms with Gasteiger partial charge in [-0.1, -0.05) is 31.9 Å². The Morgan fingerprint density at radius 3 is 2.12 bits per heavy atom. The Labute approximate surface area is 107 Å². The predicted molar refractivity (Wildman–Crippen MR) is 76.4 cm³/mol. The number of aryl methyl sites for hydroxylation is 2. The minimum Gasteiger partial charge on any atom is -0.0760 e. The number of benzene rings is 1. The van der Waals surface area contributed by atoms with Crippen molar-refractivity contribution in [2.24, 2.45) is 0 Å². The molecule has 1 radical (unpaired) electrons. The Morgan fingerprint density at radius 1 is 1.00 bits per heavy atom. The maximum Gasteiger partial charge on any atom is -0.0117 e. The highest BCUT2D eigenvalue weighted by atomic mass is 14.1. The first kappa shape index (κ1) is 14.0. The topological polar surface area (TPSA) is 0 Å². The van der Waals surface area contributed by atoms with Crippen LogP contribution in [-0.4, -0.2) is 0 Å². The molecule has 0 aliphatic rings. The molecule has 93 valence electrons. The van der Waals surface area contributed by atoms with Crippen LogP contribution in [0.5, 0.6) is 0 Å². The van der Waals surface area contributed by atoms with Gasteiger partial charge >= 0.3 is 0 Å². The van der Waals surface area contributed by atoms with Crippen LogP contribution in [0.25, 0.3) is 0 Å². The third-order valence-corrected chi connectivity index (χ3v) is 3.56. The molecule has 1 rings (SSSR count). The highest BCUT2D eigenvalue weighted by Crippen LogP contribution is 2.21. The van der Waals surface area contributed by atoms with Crippen molar-refractivity contribution in [1.29, 1.82) is 0 Å². The van der Waals surface area contributed by atoms with Gasteiger partial charge in [-0.15, -0.1) is 0 Å². The first-order valence-electron chi connectivity index (χ1n) is 6.73. The summed E-state index contributed by atoms with van der Waals surface area (Å²) in [6.45, 7) is 11.0. The third-order valence-electron chi connectivity index (χ3n) is 3.56. The Morgan fingerprint density at radius 2 is 1.59 bits per heavy atom. The van der Waals surface area contributed by atoms with Gasteiger partial charge in [-0.3, -0.25) is 0 Å². The predicted octanol–water partition coefficient (Wildman–Crippen LogP) is 5.21. The van der Waals surface area contributed by atoms with Crippen molar-refractivity contribution >= 4 is 0 Å². The normalized spacial score (nSPS) is 11.4. The summed E-state index contributed by atoms with van der Waals surface area (Å²) in [6.07, 6.45) is 10.8. The average molecular weight is 229 g/mol. The molecule has 0 saturated carbocycles. The van der Waals surface area contributed by atoms with E-state index in [2.05, 4.69) is 52.8 Å². The minimum absolute atomic E-state index is 1.15. The average Bonchev–Trinajstić information content (AvgIpc) is 2.30. The van der Waals surface area contributed by atoms with Gasteiger partial charge in [-0.05, 0) is 74.4 Å². The summed E-state index contributed by atoms with van der Waals surface area (Å²) in [6, 6.07) is 2.27. The zero-order chi connectivity index (χ0) is 12.8. The number of hydrogen-bond donors (Lipinski definition) is 0. The number of unbranched alkanes of at least 4 members (excludes halogenated alkanes) is 3. The first-order chi connectivity index (χ1) is 8.07. The highest BCUT2D eigenvalue weighted by molar-refractivity contribution is 5.47. The SMILES string of the molecule is CCCCC/C=[C]\c1c(C)c(C)cc(C)c1C. The maximum absolute atomic E-state index is 3.50. The molecule has 0 saturated heterocycles. The van der Waals surface area contributed by atoms with Crippen molar-refractivity contribution in [1.82, 2.24) is 0 Å². The summed E-state index contributed by atoms with van der Waals surface area (Å²) in [7, 11) is 0. The largest absolute Gasteiger partial charge is 0.0760 e. The smallest absolute Gasteiger partial charge is 0.0117 e. The van der Waals surface area contributed by atoms with Crippen LogP contribution in [0.1, 0.15) is 60.4 Å². The molecule has 0 heterocycles. The van der Waals surface area contributed by atoms with E-state index in [1.807, 2.05) is 0 Å². The molecule has 0 amide bonds. The summed E-state index contributed by atoms with van der Waals surface area (Å²) in [4.78, 5) is 0. The fourth-order valence-corrected chi connectivity index (χ4v) is 2.10. The van der Waals surface area contributed by atoms with Gasteiger partial charge in [0.15, 0.2) is 0 Å². The number of hydrogen-bond acceptors (Lipinski definition) is 0. The molecule has 0 heteroatoms. The maximum atomic E-state index is 3.50. The van der Waals surface area contributed by atoms with Crippen molar-refractivity contribution in [3.63, 3.8) is 0 Å². The van der Waals surface area contributed by atoms with Crippen molar-refractivity contribution < 1.29 is 0 Å². The van der Waals surface area contributed by atoms with Gasteiger partial charge in [-0.2, -0.15) is 0 Å². The van der Waals surface area contributed by atoms with Crippen LogP contribution in [0.15, 0.2) is 12.1 Å². The van der Waals surface area contributed by atoms with Crippen LogP contribution >= 0.6 is 0 Å². The van der Waals surface area contributed by atoms with E-state index in [4.69, 9.17) is 0 Å². The molecule has 1 aromatic carbocycles. The van der Waals surface area contributed by atoms with E-state index in [9.17, 15) is 0 Å². The van der Waals surface area contributed by atoms with E-state index in [1.54, 1.807) is 0 Å². The lowest BCUT2D eigenvalue weighted by molar-refractivity contribution is 0.728. The summed E-state index contributed by atoms with van der Waals surface area (Å²) in [5.41, 5.74) is 6.80. The van der Waals surface area contributed by atoms with Crippen molar-refractivity contribution in [2.45, 2.75) is 60.3 Å². The zero-order valence-electron chi connectivity index (χ0n) is 12.0. The lowest BCUT2D eigenvalue weighted by atomic mass is 9.94. The quantitative estimate of drug-likeness (QED) is 0.608. The van der Waals surface area contributed by atoms with Gasteiger partial charge in [0.1, 0.15) is 0 Å². The fourth-order valence-electron chi connectivity index (χ4n) is 2.10. The summed E-state index contributed by atoms with van der Waals surface area (Å²) in [5.74, 6) is 0. The monoisotopic (exact) mass is 229 g/mol. The standard InChI is InChI=1S/C17H25/c1-6-7-8-9-10-11-17-15(4)13(2)12-14(3)16(17)5/h10,12H,6-9H2,1-5H3. The Hall–Kier alpha value is -1.04. The molecule has 0 aliphatic heterocycles. The van der Waals surface area contributed by atoms with E-state index in [0.29, 0.717) is 0 Å². The van der Waals surface area contributed by atoms with Crippen LogP contribution in [0, 0.1) is 33.8 Å². The molecule has 0 fully saturated rings. The summed E-state index contributed by atoms with van der Waals surface area (Å²) >= 11 is 0. The van der Waals surface area contributed by atoms with Gasteiger partial charge in [0.25, 0.3) is 0 Å². The van der Waals surface area contributed by atoms with Crippen LogP contribution < -0.4 is 0 Å². The van der Waals surface area contributed by atoms with Crippen molar-refractivity contribution in [3.05, 3.63) is 46.0 Å². The van der Waals surface area contributed by atoms with E-state index in [1.165, 1.54) is 47.1 Å². The molecular formula is C17H25. The molecule has 0 atom stereocenters. The Bertz CT molecular complexity index is 371. The van der Waals surface area contributed by atoms with Gasteiger partial charge in [0, 0.05) is 0 Å². The lowest BCUT2D eigenvalue weighted by Crippen LogP contribution is -1.95. The second kappa shape index (κ2) is 6.64. The molecular weight excluding hydrogens is 204 g/mol. The first-order valence-corrected chi connectivity index (χ1v) is 6.73. The molecule has 17 heavy (non-hydrogen) atoms. The molecule has 1 aromatic rings. The Balaban J connectivity index is 2.83. The van der Waals surface area contributed by atoms with Gasteiger partial charge in [0.2, 0.25) is 0 Å². The molecule has 0 aliphatic carbocycles. The van der Waals surface area contributed by atoms with Crippen LogP contribution in [-0.2, 0) is 0 Å². The van der Waals surface area contributed by atoms with Crippen molar-refractivity contribution in [3.8, 4) is 0 Å². The van der Waals surface area contributed by atoms with Crippen LogP contribution in [0.2, 0.25) is 0 Å². The third kappa shape index (κ3) is 3.73. The van der Waals surface area contributed by atoms with E-state index in [-0.39, 0.29) is 0 Å². The molecule has 0 N–H and O–H groups in total. The fraction of sp³-hybridized carbons (Fsp3) is 0.529. The van der Waals surface area contributed by atoms with Crippen LogP contribution in [0.3, 0.4) is 0 Å². The lowest BCUT2D eigenvalue weighted by Gasteiger charge is -2.11.